The minimum atomic E-state index is -0.478. The molecule has 94 valence electrons. The van der Waals surface area contributed by atoms with Gasteiger partial charge in [0.15, 0.2) is 0 Å². The normalized spacial score (nSPS) is 12.4. The molecule has 0 radical (unpaired) electrons. The highest BCUT2D eigenvalue weighted by atomic mass is 79.9. The molecule has 2 aromatic rings. The van der Waals surface area contributed by atoms with Gasteiger partial charge in [-0.05, 0) is 53.3 Å². The van der Waals surface area contributed by atoms with E-state index >= 15 is 0 Å². The van der Waals surface area contributed by atoms with E-state index in [1.165, 1.54) is 6.07 Å². The fourth-order valence-electron chi connectivity index (χ4n) is 1.76. The highest BCUT2D eigenvalue weighted by Crippen LogP contribution is 2.24. The maximum atomic E-state index is 13.7. The van der Waals surface area contributed by atoms with Gasteiger partial charge in [-0.3, -0.25) is 4.98 Å². The van der Waals surface area contributed by atoms with Gasteiger partial charge in [0, 0.05) is 16.2 Å². The Morgan fingerprint density at radius 1 is 1.22 bits per heavy atom. The molecule has 2 rings (SSSR count). The number of hydrogen-bond donors (Lipinski definition) is 1. The molecule has 18 heavy (non-hydrogen) atoms. The van der Waals surface area contributed by atoms with Crippen molar-refractivity contribution >= 4 is 15.9 Å². The molecule has 1 unspecified atom stereocenters. The van der Waals surface area contributed by atoms with E-state index in [4.69, 9.17) is 0 Å². The topological polar surface area (TPSA) is 24.9 Å². The van der Waals surface area contributed by atoms with Crippen LogP contribution in [-0.2, 0) is 0 Å². The molecule has 1 atom stereocenters. The van der Waals surface area contributed by atoms with E-state index in [2.05, 4.69) is 26.2 Å². The van der Waals surface area contributed by atoms with Gasteiger partial charge in [-0.1, -0.05) is 0 Å². The summed E-state index contributed by atoms with van der Waals surface area (Å²) in [5, 5.41) is 2.94. The van der Waals surface area contributed by atoms with E-state index < -0.39 is 17.7 Å². The molecule has 1 aromatic carbocycles. The Kier molecular flexibility index (Phi) is 4.04. The van der Waals surface area contributed by atoms with Crippen molar-refractivity contribution in [2.75, 3.05) is 7.05 Å². The Morgan fingerprint density at radius 3 is 2.61 bits per heavy atom. The van der Waals surface area contributed by atoms with Crippen LogP contribution in [0.5, 0.6) is 0 Å². The standard InChI is InChI=1S/C13H11BrF2N2/c1-17-13(12-5-2-8(14)7-18-12)10-6-9(15)3-4-11(10)16/h2-7,13,17H,1H3. The van der Waals surface area contributed by atoms with E-state index in [-0.39, 0.29) is 5.56 Å². The van der Waals surface area contributed by atoms with Crippen molar-refractivity contribution in [3.05, 3.63) is 63.9 Å². The number of nitrogens with zero attached hydrogens (tertiary/aromatic N) is 1. The summed E-state index contributed by atoms with van der Waals surface area (Å²) in [6.07, 6.45) is 1.62. The first kappa shape index (κ1) is 13.1. The van der Waals surface area contributed by atoms with Gasteiger partial charge in [-0.25, -0.2) is 8.78 Å². The molecule has 0 aliphatic carbocycles. The number of benzene rings is 1. The lowest BCUT2D eigenvalue weighted by Crippen LogP contribution is -2.20. The van der Waals surface area contributed by atoms with Gasteiger partial charge in [0.1, 0.15) is 11.6 Å². The second-order valence-electron chi connectivity index (χ2n) is 3.79. The fourth-order valence-corrected chi connectivity index (χ4v) is 1.99. The third-order valence-electron chi connectivity index (χ3n) is 2.60. The average Bonchev–Trinajstić information content (AvgIpc) is 2.37. The minimum Gasteiger partial charge on any atom is -0.308 e. The highest BCUT2D eigenvalue weighted by molar-refractivity contribution is 9.10. The number of nitrogens with one attached hydrogen (secondary N) is 1. The number of aromatic nitrogens is 1. The summed E-state index contributed by atoms with van der Waals surface area (Å²) in [6.45, 7) is 0. The van der Waals surface area contributed by atoms with Crippen molar-refractivity contribution in [2.45, 2.75) is 6.04 Å². The zero-order valence-corrected chi connectivity index (χ0v) is 11.2. The maximum absolute atomic E-state index is 13.7. The summed E-state index contributed by atoms with van der Waals surface area (Å²) in [7, 11) is 1.68. The third kappa shape index (κ3) is 2.73. The molecule has 1 N–H and O–H groups in total. The minimum absolute atomic E-state index is 0.243. The number of hydrogen-bond acceptors (Lipinski definition) is 2. The van der Waals surface area contributed by atoms with Crippen molar-refractivity contribution in [2.24, 2.45) is 0 Å². The average molecular weight is 313 g/mol. The molecule has 0 saturated carbocycles. The van der Waals surface area contributed by atoms with Gasteiger partial charge < -0.3 is 5.32 Å². The van der Waals surface area contributed by atoms with Crippen LogP contribution in [0.1, 0.15) is 17.3 Å². The highest BCUT2D eigenvalue weighted by Gasteiger charge is 2.18. The van der Waals surface area contributed by atoms with Gasteiger partial charge >= 0.3 is 0 Å². The number of rotatable bonds is 3. The molecular weight excluding hydrogens is 302 g/mol. The summed E-state index contributed by atoms with van der Waals surface area (Å²) in [6, 6.07) is 6.49. The lowest BCUT2D eigenvalue weighted by molar-refractivity contribution is 0.553. The van der Waals surface area contributed by atoms with Gasteiger partial charge in [-0.15, -0.1) is 0 Å². The molecule has 0 fully saturated rings. The van der Waals surface area contributed by atoms with Crippen molar-refractivity contribution < 1.29 is 8.78 Å². The Bertz CT molecular complexity index is 543. The van der Waals surface area contributed by atoms with E-state index in [0.29, 0.717) is 5.69 Å². The Morgan fingerprint density at radius 2 is 2.00 bits per heavy atom. The Hall–Kier alpha value is -1.33. The van der Waals surface area contributed by atoms with Crippen LogP contribution in [0.2, 0.25) is 0 Å². The summed E-state index contributed by atoms with van der Waals surface area (Å²) in [4.78, 5) is 4.20. The van der Waals surface area contributed by atoms with E-state index in [1.807, 2.05) is 6.07 Å². The van der Waals surface area contributed by atoms with Crippen LogP contribution >= 0.6 is 15.9 Å². The van der Waals surface area contributed by atoms with Crippen LogP contribution in [-0.4, -0.2) is 12.0 Å². The second kappa shape index (κ2) is 5.54. The molecule has 1 heterocycles. The smallest absolute Gasteiger partial charge is 0.128 e. The van der Waals surface area contributed by atoms with E-state index in [0.717, 1.165) is 16.6 Å². The Balaban J connectivity index is 2.44. The van der Waals surface area contributed by atoms with Crippen molar-refractivity contribution in [3.63, 3.8) is 0 Å². The predicted molar refractivity (Wildman–Crippen MR) is 69.2 cm³/mol. The van der Waals surface area contributed by atoms with Crippen LogP contribution in [0.25, 0.3) is 0 Å². The first-order valence-electron chi connectivity index (χ1n) is 5.35. The van der Waals surface area contributed by atoms with Crippen LogP contribution in [0.3, 0.4) is 0 Å². The molecule has 0 amide bonds. The van der Waals surface area contributed by atoms with Gasteiger partial charge in [0.25, 0.3) is 0 Å². The molecule has 0 aliphatic heterocycles. The fraction of sp³-hybridized carbons (Fsp3) is 0.154. The Labute approximate surface area is 112 Å². The van der Waals surface area contributed by atoms with E-state index in [1.54, 1.807) is 19.3 Å². The molecule has 5 heteroatoms. The summed E-state index contributed by atoms with van der Waals surface area (Å²) < 4.78 is 27.8. The first-order chi connectivity index (χ1) is 8.61. The lowest BCUT2D eigenvalue weighted by Gasteiger charge is -2.17. The summed E-state index contributed by atoms with van der Waals surface area (Å²) >= 11 is 3.28. The summed E-state index contributed by atoms with van der Waals surface area (Å²) in [5.41, 5.74) is 0.873. The number of halogens is 3. The van der Waals surface area contributed by atoms with E-state index in [9.17, 15) is 8.78 Å². The van der Waals surface area contributed by atoms with Gasteiger partial charge in [-0.2, -0.15) is 0 Å². The second-order valence-corrected chi connectivity index (χ2v) is 4.70. The SMILES string of the molecule is CNC(c1ccc(Br)cn1)c1cc(F)ccc1F. The first-order valence-corrected chi connectivity index (χ1v) is 6.15. The van der Waals surface area contributed by atoms with Crippen molar-refractivity contribution in [3.8, 4) is 0 Å². The van der Waals surface area contributed by atoms with Crippen LogP contribution in [0, 0.1) is 11.6 Å². The van der Waals surface area contributed by atoms with Crippen molar-refractivity contribution in [1.82, 2.24) is 10.3 Å². The largest absolute Gasteiger partial charge is 0.308 e. The number of pyridine rings is 1. The zero-order chi connectivity index (χ0) is 13.1. The molecule has 0 spiro atoms. The van der Waals surface area contributed by atoms with Gasteiger partial charge in [0.05, 0.1) is 11.7 Å². The maximum Gasteiger partial charge on any atom is 0.128 e. The molecule has 2 nitrogen and oxygen atoms in total. The molecule has 0 aliphatic rings. The summed E-state index contributed by atoms with van der Waals surface area (Å²) in [5.74, 6) is -0.927. The zero-order valence-electron chi connectivity index (χ0n) is 9.62. The lowest BCUT2D eigenvalue weighted by atomic mass is 10.0. The molecule has 0 saturated heterocycles. The van der Waals surface area contributed by atoms with Crippen LogP contribution < -0.4 is 5.32 Å². The van der Waals surface area contributed by atoms with Crippen LogP contribution in [0.4, 0.5) is 8.78 Å². The molecule has 0 bridgehead atoms. The van der Waals surface area contributed by atoms with Gasteiger partial charge in [0.2, 0.25) is 0 Å². The van der Waals surface area contributed by atoms with Crippen LogP contribution in [0.15, 0.2) is 41.0 Å². The van der Waals surface area contributed by atoms with Crippen molar-refractivity contribution in [1.29, 1.82) is 0 Å². The quantitative estimate of drug-likeness (QED) is 0.939. The monoisotopic (exact) mass is 312 g/mol. The molecular formula is C13H11BrF2N2. The third-order valence-corrected chi connectivity index (χ3v) is 3.07. The predicted octanol–water partition coefficient (Wildman–Crippen LogP) is 3.43. The molecule has 1 aromatic heterocycles.